The summed E-state index contributed by atoms with van der Waals surface area (Å²) < 4.78 is 0.841. The van der Waals surface area contributed by atoms with Crippen molar-refractivity contribution in [3.8, 4) is 0 Å². The number of nitrogens with one attached hydrogen (secondary N) is 1. The molecule has 1 aromatic carbocycles. The van der Waals surface area contributed by atoms with E-state index in [0.29, 0.717) is 11.6 Å². The van der Waals surface area contributed by atoms with Crippen molar-refractivity contribution in [1.82, 2.24) is 0 Å². The van der Waals surface area contributed by atoms with Crippen LogP contribution in [0.4, 0.5) is 5.69 Å². The van der Waals surface area contributed by atoms with Crippen LogP contribution in [0.1, 0.15) is 36.0 Å². The first-order valence-electron chi connectivity index (χ1n) is 6.44. The fourth-order valence-corrected chi connectivity index (χ4v) is 2.97. The zero-order valence-electron chi connectivity index (χ0n) is 10.0. The number of halogens is 1. The number of anilines is 1. The molecule has 0 spiro atoms. The van der Waals surface area contributed by atoms with Gasteiger partial charge in [0.1, 0.15) is 0 Å². The average Bonchev–Trinajstić information content (AvgIpc) is 3.19. The summed E-state index contributed by atoms with van der Waals surface area (Å²) in [5, 5.41) is 12.5. The van der Waals surface area contributed by atoms with Crippen molar-refractivity contribution in [2.45, 2.75) is 31.7 Å². The van der Waals surface area contributed by atoms with E-state index >= 15 is 0 Å². The first-order chi connectivity index (χ1) is 8.65. The molecule has 0 aliphatic heterocycles. The molecule has 3 rings (SSSR count). The van der Waals surface area contributed by atoms with Gasteiger partial charge in [-0.2, -0.15) is 0 Å². The summed E-state index contributed by atoms with van der Waals surface area (Å²) in [6.45, 7) is 0. The van der Waals surface area contributed by atoms with E-state index in [2.05, 4.69) is 21.2 Å². The number of carboxylic acids is 1. The summed E-state index contributed by atoms with van der Waals surface area (Å²) in [4.78, 5) is 10.9. The number of carbonyl (C=O) groups is 1. The molecule has 0 unspecified atom stereocenters. The van der Waals surface area contributed by atoms with Crippen LogP contribution in [0.15, 0.2) is 22.7 Å². The number of rotatable bonds is 5. The molecule has 2 aliphatic carbocycles. The van der Waals surface area contributed by atoms with Crippen LogP contribution in [0.25, 0.3) is 0 Å². The zero-order valence-corrected chi connectivity index (χ0v) is 11.6. The maximum Gasteiger partial charge on any atom is 0.335 e. The van der Waals surface area contributed by atoms with E-state index in [1.165, 1.54) is 25.7 Å². The second-order valence-corrected chi connectivity index (χ2v) is 6.20. The summed E-state index contributed by atoms with van der Waals surface area (Å²) in [6.07, 6.45) is 5.33. The first-order valence-corrected chi connectivity index (χ1v) is 7.24. The number of hydrogen-bond acceptors (Lipinski definition) is 2. The third-order valence-corrected chi connectivity index (χ3v) is 4.45. The normalized spacial score (nSPS) is 19.0. The molecule has 2 N–H and O–H groups in total. The molecule has 2 fully saturated rings. The highest BCUT2D eigenvalue weighted by atomic mass is 79.9. The van der Waals surface area contributed by atoms with Gasteiger partial charge in [-0.1, -0.05) is 0 Å². The molecule has 18 heavy (non-hydrogen) atoms. The van der Waals surface area contributed by atoms with Gasteiger partial charge in [0.2, 0.25) is 0 Å². The van der Waals surface area contributed by atoms with Gasteiger partial charge in [0.25, 0.3) is 0 Å². The van der Waals surface area contributed by atoms with Crippen LogP contribution in [-0.2, 0) is 0 Å². The Bertz CT molecular complexity index is 469. The molecule has 0 heterocycles. The van der Waals surface area contributed by atoms with Crippen LogP contribution in [-0.4, -0.2) is 17.1 Å². The van der Waals surface area contributed by atoms with Gasteiger partial charge in [0.15, 0.2) is 0 Å². The standard InChI is InChI=1S/C14H16BrNO2/c15-11-7-10(14(17)18)5-6-12(11)16-13(8-1-2-8)9-3-4-9/h5-9,13,16H,1-4H2,(H,17,18). The maximum absolute atomic E-state index is 10.9. The summed E-state index contributed by atoms with van der Waals surface area (Å²) >= 11 is 3.46. The Kier molecular flexibility index (Phi) is 3.06. The Morgan fingerprint density at radius 2 is 1.89 bits per heavy atom. The SMILES string of the molecule is O=C(O)c1ccc(NC(C2CC2)C2CC2)c(Br)c1. The molecular weight excluding hydrogens is 294 g/mol. The van der Waals surface area contributed by atoms with Crippen molar-refractivity contribution in [1.29, 1.82) is 0 Å². The molecule has 0 radical (unpaired) electrons. The second kappa shape index (κ2) is 4.57. The quantitative estimate of drug-likeness (QED) is 0.871. The summed E-state index contributed by atoms with van der Waals surface area (Å²) in [5.41, 5.74) is 1.34. The Hall–Kier alpha value is -1.03. The van der Waals surface area contributed by atoms with Gasteiger partial charge in [-0.3, -0.25) is 0 Å². The van der Waals surface area contributed by atoms with E-state index in [1.54, 1.807) is 12.1 Å². The van der Waals surface area contributed by atoms with E-state index in [0.717, 1.165) is 22.0 Å². The van der Waals surface area contributed by atoms with Crippen LogP contribution < -0.4 is 5.32 Å². The minimum atomic E-state index is -0.886. The van der Waals surface area contributed by atoms with Crippen molar-refractivity contribution in [3.63, 3.8) is 0 Å². The highest BCUT2D eigenvalue weighted by molar-refractivity contribution is 9.10. The first kappa shape index (κ1) is 12.0. The molecule has 0 saturated heterocycles. The van der Waals surface area contributed by atoms with Crippen LogP contribution >= 0.6 is 15.9 Å². The van der Waals surface area contributed by atoms with Crippen molar-refractivity contribution in [2.24, 2.45) is 11.8 Å². The third-order valence-electron chi connectivity index (χ3n) is 3.80. The van der Waals surface area contributed by atoms with Gasteiger partial charge in [0, 0.05) is 16.2 Å². The lowest BCUT2D eigenvalue weighted by Gasteiger charge is -2.20. The van der Waals surface area contributed by atoms with Gasteiger partial charge in [-0.15, -0.1) is 0 Å². The van der Waals surface area contributed by atoms with Gasteiger partial charge >= 0.3 is 5.97 Å². The van der Waals surface area contributed by atoms with Gasteiger partial charge in [-0.05, 0) is 71.6 Å². The highest BCUT2D eigenvalue weighted by Gasteiger charge is 2.41. The topological polar surface area (TPSA) is 49.3 Å². The molecule has 0 atom stereocenters. The monoisotopic (exact) mass is 309 g/mol. The Balaban J connectivity index is 1.77. The lowest BCUT2D eigenvalue weighted by atomic mass is 10.1. The Morgan fingerprint density at radius 3 is 2.33 bits per heavy atom. The predicted octanol–water partition coefficient (Wildman–Crippen LogP) is 3.75. The molecule has 3 nitrogen and oxygen atoms in total. The van der Waals surface area contributed by atoms with Crippen molar-refractivity contribution in [2.75, 3.05) is 5.32 Å². The Labute approximate surface area is 115 Å². The fraction of sp³-hybridized carbons (Fsp3) is 0.500. The minimum Gasteiger partial charge on any atom is -0.478 e. The van der Waals surface area contributed by atoms with Crippen LogP contribution in [0, 0.1) is 11.8 Å². The molecule has 0 bridgehead atoms. The molecule has 2 saturated carbocycles. The predicted molar refractivity (Wildman–Crippen MR) is 74.0 cm³/mol. The van der Waals surface area contributed by atoms with Crippen molar-refractivity contribution < 1.29 is 9.90 Å². The molecule has 0 amide bonds. The molecule has 0 aromatic heterocycles. The third kappa shape index (κ3) is 2.53. The molecule has 4 heteroatoms. The second-order valence-electron chi connectivity index (χ2n) is 5.34. The molecule has 1 aromatic rings. The van der Waals surface area contributed by atoms with E-state index in [-0.39, 0.29) is 0 Å². The van der Waals surface area contributed by atoms with E-state index in [1.807, 2.05) is 6.07 Å². The van der Waals surface area contributed by atoms with E-state index < -0.39 is 5.97 Å². The number of carboxylic acid groups (broad SMARTS) is 1. The largest absolute Gasteiger partial charge is 0.478 e. The van der Waals surface area contributed by atoms with Crippen molar-refractivity contribution in [3.05, 3.63) is 28.2 Å². The summed E-state index contributed by atoms with van der Waals surface area (Å²) in [6, 6.07) is 5.77. The average molecular weight is 310 g/mol. The van der Waals surface area contributed by atoms with Gasteiger partial charge < -0.3 is 10.4 Å². The maximum atomic E-state index is 10.9. The fourth-order valence-electron chi connectivity index (χ4n) is 2.48. The smallest absolute Gasteiger partial charge is 0.335 e. The molecule has 2 aliphatic rings. The van der Waals surface area contributed by atoms with Crippen LogP contribution in [0.3, 0.4) is 0 Å². The van der Waals surface area contributed by atoms with E-state index in [9.17, 15) is 4.79 Å². The summed E-state index contributed by atoms with van der Waals surface area (Å²) in [5.74, 6) is 0.760. The number of hydrogen-bond donors (Lipinski definition) is 2. The highest BCUT2D eigenvalue weighted by Crippen LogP contribution is 2.46. The Morgan fingerprint density at radius 1 is 1.28 bits per heavy atom. The van der Waals surface area contributed by atoms with Crippen LogP contribution in [0.5, 0.6) is 0 Å². The lowest BCUT2D eigenvalue weighted by Crippen LogP contribution is -2.24. The summed E-state index contributed by atoms with van der Waals surface area (Å²) in [7, 11) is 0. The van der Waals surface area contributed by atoms with E-state index in [4.69, 9.17) is 5.11 Å². The van der Waals surface area contributed by atoms with Crippen molar-refractivity contribution >= 4 is 27.6 Å². The minimum absolute atomic E-state index is 0.321. The van der Waals surface area contributed by atoms with Crippen LogP contribution in [0.2, 0.25) is 0 Å². The molecule has 96 valence electrons. The number of benzene rings is 1. The lowest BCUT2D eigenvalue weighted by molar-refractivity contribution is 0.0697. The molecular formula is C14H16BrNO2. The zero-order chi connectivity index (χ0) is 12.7. The van der Waals surface area contributed by atoms with Gasteiger partial charge in [-0.25, -0.2) is 4.79 Å². The van der Waals surface area contributed by atoms with Gasteiger partial charge in [0.05, 0.1) is 5.56 Å². The number of aromatic carboxylic acids is 1.